The standard InChI is InChI=1S/C19H21NO.C2H7NO/c1-14-6-8-18-13-19(21)12-16(5-3-4-10-20)15(2)7-9-17(18)11-14;3-1-2-4/h3-6,8,10-11,20H,2,7,9,12-13H2,1H3;4H,1-3H2/b4-3-,16-5+,20-10?;. The molecule has 4 nitrogen and oxygen atoms in total. The highest BCUT2D eigenvalue weighted by atomic mass is 16.3. The zero-order valence-electron chi connectivity index (χ0n) is 14.9. The topological polar surface area (TPSA) is 87.2 Å². The Morgan fingerprint density at radius 1 is 1.24 bits per heavy atom. The number of rotatable bonds is 3. The predicted octanol–water partition coefficient (Wildman–Crippen LogP) is 3.07. The summed E-state index contributed by atoms with van der Waals surface area (Å²) >= 11 is 0. The average Bonchev–Trinajstić information content (AvgIpc) is 2.65. The monoisotopic (exact) mass is 340 g/mol. The van der Waals surface area contributed by atoms with Crippen molar-refractivity contribution in [2.24, 2.45) is 5.73 Å². The van der Waals surface area contributed by atoms with Crippen LogP contribution in [-0.2, 0) is 17.6 Å². The Labute approximate surface area is 150 Å². The number of carbonyl (C=O) groups is 1. The fourth-order valence-corrected chi connectivity index (χ4v) is 2.62. The second-order valence-electron chi connectivity index (χ2n) is 6.02. The lowest BCUT2D eigenvalue weighted by atomic mass is 9.96. The van der Waals surface area contributed by atoms with Gasteiger partial charge in [-0.2, -0.15) is 0 Å². The maximum atomic E-state index is 12.3. The molecule has 2 rings (SSSR count). The third-order valence-corrected chi connectivity index (χ3v) is 3.92. The molecule has 1 aliphatic rings. The van der Waals surface area contributed by atoms with E-state index in [1.54, 1.807) is 12.2 Å². The number of nitrogens with two attached hydrogens (primary N) is 1. The van der Waals surface area contributed by atoms with Crippen molar-refractivity contribution in [3.05, 3.63) is 70.8 Å². The van der Waals surface area contributed by atoms with E-state index in [2.05, 4.69) is 31.7 Å². The first-order valence-electron chi connectivity index (χ1n) is 8.47. The van der Waals surface area contributed by atoms with E-state index in [-0.39, 0.29) is 12.4 Å². The minimum Gasteiger partial charge on any atom is -0.395 e. The quantitative estimate of drug-likeness (QED) is 0.739. The van der Waals surface area contributed by atoms with E-state index in [4.69, 9.17) is 16.2 Å². The van der Waals surface area contributed by atoms with E-state index < -0.39 is 0 Å². The number of nitrogens with one attached hydrogen (secondary N) is 1. The summed E-state index contributed by atoms with van der Waals surface area (Å²) in [6, 6.07) is 6.33. The third-order valence-electron chi connectivity index (χ3n) is 3.92. The van der Waals surface area contributed by atoms with Crippen molar-refractivity contribution in [1.82, 2.24) is 0 Å². The van der Waals surface area contributed by atoms with Crippen LogP contribution in [0.5, 0.6) is 0 Å². The molecular weight excluding hydrogens is 312 g/mol. The van der Waals surface area contributed by atoms with Crippen LogP contribution in [-0.4, -0.2) is 30.3 Å². The highest BCUT2D eigenvalue weighted by Crippen LogP contribution is 2.25. The van der Waals surface area contributed by atoms with Crippen LogP contribution in [0.15, 0.2) is 54.2 Å². The molecule has 0 radical (unpaired) electrons. The fraction of sp³-hybridized carbons (Fsp3) is 0.333. The summed E-state index contributed by atoms with van der Waals surface area (Å²) in [5, 5.41) is 14.8. The van der Waals surface area contributed by atoms with Crippen LogP contribution >= 0.6 is 0 Å². The molecule has 0 saturated heterocycles. The molecule has 0 heterocycles. The van der Waals surface area contributed by atoms with Gasteiger partial charge in [-0.25, -0.2) is 0 Å². The van der Waals surface area contributed by atoms with E-state index in [1.165, 1.54) is 17.3 Å². The van der Waals surface area contributed by atoms with Crippen LogP contribution in [0.4, 0.5) is 0 Å². The maximum Gasteiger partial charge on any atom is 0.141 e. The second-order valence-corrected chi connectivity index (χ2v) is 6.02. The summed E-state index contributed by atoms with van der Waals surface area (Å²) in [7, 11) is 0. The Bertz CT molecular complexity index is 670. The average molecular weight is 340 g/mol. The van der Waals surface area contributed by atoms with E-state index in [9.17, 15) is 4.79 Å². The van der Waals surface area contributed by atoms with Gasteiger partial charge in [-0.1, -0.05) is 48.1 Å². The molecule has 0 amide bonds. The lowest BCUT2D eigenvalue weighted by molar-refractivity contribution is -0.117. The van der Waals surface area contributed by atoms with Gasteiger partial charge in [-0.15, -0.1) is 0 Å². The van der Waals surface area contributed by atoms with E-state index in [0.717, 1.165) is 29.6 Å². The van der Waals surface area contributed by atoms with Gasteiger partial charge in [0.2, 0.25) is 0 Å². The molecule has 0 bridgehead atoms. The normalized spacial score (nSPS) is 16.5. The summed E-state index contributed by atoms with van der Waals surface area (Å²) in [5.74, 6) is 0.220. The van der Waals surface area contributed by atoms with Crippen LogP contribution < -0.4 is 5.73 Å². The first kappa shape index (κ1) is 20.7. The van der Waals surface area contributed by atoms with Crippen molar-refractivity contribution in [1.29, 1.82) is 5.41 Å². The number of allylic oxidation sites excluding steroid dienone is 5. The number of benzene rings is 1. The molecule has 25 heavy (non-hydrogen) atoms. The Morgan fingerprint density at radius 2 is 1.96 bits per heavy atom. The Balaban J connectivity index is 0.000000705. The van der Waals surface area contributed by atoms with E-state index in [1.807, 2.05) is 6.08 Å². The molecule has 0 aliphatic heterocycles. The highest BCUT2D eigenvalue weighted by molar-refractivity contribution is 5.84. The molecule has 0 saturated carbocycles. The minimum absolute atomic E-state index is 0.0972. The van der Waals surface area contributed by atoms with Crippen molar-refractivity contribution in [2.75, 3.05) is 13.2 Å². The van der Waals surface area contributed by atoms with Crippen molar-refractivity contribution < 1.29 is 9.90 Å². The first-order valence-corrected chi connectivity index (χ1v) is 8.47. The molecule has 0 unspecified atom stereocenters. The molecule has 0 fully saturated rings. The molecular formula is C21H28N2O2. The zero-order chi connectivity index (χ0) is 18.7. The molecule has 1 aromatic rings. The van der Waals surface area contributed by atoms with Crippen LogP contribution in [0.3, 0.4) is 0 Å². The van der Waals surface area contributed by atoms with Crippen LogP contribution in [0.1, 0.15) is 29.5 Å². The van der Waals surface area contributed by atoms with Gasteiger partial charge in [-0.3, -0.25) is 4.79 Å². The molecule has 1 aromatic carbocycles. The summed E-state index contributed by atoms with van der Waals surface area (Å²) < 4.78 is 0. The number of fused-ring (bicyclic) bond motifs is 1. The number of aliphatic hydroxyl groups is 1. The van der Waals surface area contributed by atoms with Crippen molar-refractivity contribution >= 4 is 12.0 Å². The summed E-state index contributed by atoms with van der Waals surface area (Å²) in [5.41, 5.74) is 10.4. The summed E-state index contributed by atoms with van der Waals surface area (Å²) in [4.78, 5) is 12.3. The lowest BCUT2D eigenvalue weighted by Crippen LogP contribution is -2.05. The van der Waals surface area contributed by atoms with Gasteiger partial charge in [0.25, 0.3) is 0 Å². The maximum absolute atomic E-state index is 12.3. The molecule has 0 spiro atoms. The van der Waals surface area contributed by atoms with Crippen LogP contribution in [0.2, 0.25) is 0 Å². The zero-order valence-corrected chi connectivity index (χ0v) is 14.9. The smallest absolute Gasteiger partial charge is 0.141 e. The van der Waals surface area contributed by atoms with E-state index in [0.29, 0.717) is 19.4 Å². The first-order chi connectivity index (χ1) is 12.0. The molecule has 134 valence electrons. The highest BCUT2D eigenvalue weighted by Gasteiger charge is 2.15. The van der Waals surface area contributed by atoms with Gasteiger partial charge in [0, 0.05) is 25.6 Å². The van der Waals surface area contributed by atoms with Gasteiger partial charge in [0.05, 0.1) is 6.61 Å². The minimum atomic E-state index is 0.0972. The number of Topliss-reactive ketones (excluding diaryl/α,β-unsaturated/α-hetero) is 1. The molecule has 4 N–H and O–H groups in total. The second kappa shape index (κ2) is 11.3. The predicted molar refractivity (Wildman–Crippen MR) is 104 cm³/mol. The third kappa shape index (κ3) is 7.42. The van der Waals surface area contributed by atoms with Crippen molar-refractivity contribution in [3.8, 4) is 0 Å². The SMILES string of the molecule is C=C1CCc2cc(C)ccc2CC(=O)C/C1=C\C=C/C=N.NCCO. The molecule has 4 heteroatoms. The molecule has 0 aromatic heterocycles. The summed E-state index contributed by atoms with van der Waals surface area (Å²) in [6.07, 6.45) is 9.30. The number of aliphatic hydroxyl groups excluding tert-OH is 1. The van der Waals surface area contributed by atoms with Crippen LogP contribution in [0.25, 0.3) is 0 Å². The van der Waals surface area contributed by atoms with Crippen molar-refractivity contribution in [2.45, 2.75) is 32.6 Å². The van der Waals surface area contributed by atoms with Gasteiger partial charge < -0.3 is 16.2 Å². The van der Waals surface area contributed by atoms with E-state index >= 15 is 0 Å². The Hall–Kier alpha value is -2.30. The van der Waals surface area contributed by atoms with Gasteiger partial charge in [0.15, 0.2) is 0 Å². The number of carbonyl (C=O) groups excluding carboxylic acids is 1. The van der Waals surface area contributed by atoms with Crippen molar-refractivity contribution in [3.63, 3.8) is 0 Å². The Morgan fingerprint density at radius 3 is 2.60 bits per heavy atom. The number of hydrogen-bond acceptors (Lipinski definition) is 4. The number of aryl methyl sites for hydroxylation is 2. The summed E-state index contributed by atoms with van der Waals surface area (Å²) in [6.45, 7) is 6.69. The number of ketones is 1. The number of hydrogen-bond donors (Lipinski definition) is 3. The largest absolute Gasteiger partial charge is 0.395 e. The molecule has 0 atom stereocenters. The van der Waals surface area contributed by atoms with Gasteiger partial charge in [0.1, 0.15) is 5.78 Å². The van der Waals surface area contributed by atoms with Crippen LogP contribution in [0, 0.1) is 12.3 Å². The molecule has 1 aliphatic carbocycles. The van der Waals surface area contributed by atoms with Gasteiger partial charge in [-0.05, 0) is 42.5 Å². The Kier molecular flexibility index (Phi) is 9.37. The van der Waals surface area contributed by atoms with Gasteiger partial charge >= 0.3 is 0 Å². The lowest BCUT2D eigenvalue weighted by Gasteiger charge is -2.09. The fourth-order valence-electron chi connectivity index (χ4n) is 2.62.